The fourth-order valence-electron chi connectivity index (χ4n) is 2.70. The number of alkyl halides is 2. The fraction of sp³-hybridized carbons (Fsp3) is 0.571. The summed E-state index contributed by atoms with van der Waals surface area (Å²) in [5.41, 5.74) is 0.947. The molecular formula is C14H19F2NO2. The van der Waals surface area contributed by atoms with Crippen LogP contribution in [0.1, 0.15) is 31.7 Å². The lowest BCUT2D eigenvalue weighted by molar-refractivity contribution is -0.0512. The molecule has 0 aromatic heterocycles. The van der Waals surface area contributed by atoms with Crippen molar-refractivity contribution in [1.82, 2.24) is 5.32 Å². The van der Waals surface area contributed by atoms with Crippen molar-refractivity contribution in [3.63, 3.8) is 0 Å². The van der Waals surface area contributed by atoms with E-state index in [-0.39, 0.29) is 17.2 Å². The van der Waals surface area contributed by atoms with Crippen molar-refractivity contribution in [1.29, 1.82) is 0 Å². The molecule has 1 unspecified atom stereocenters. The van der Waals surface area contributed by atoms with Crippen molar-refractivity contribution in [2.75, 3.05) is 13.7 Å². The smallest absolute Gasteiger partial charge is 0.387 e. The molecule has 1 aliphatic heterocycles. The number of ether oxygens (including phenoxy) is 2. The maximum atomic E-state index is 12.4. The van der Waals surface area contributed by atoms with E-state index in [0.29, 0.717) is 5.75 Å². The Labute approximate surface area is 111 Å². The summed E-state index contributed by atoms with van der Waals surface area (Å²) >= 11 is 0. The first-order valence-electron chi connectivity index (χ1n) is 6.32. The molecule has 1 aliphatic rings. The lowest BCUT2D eigenvalue weighted by Crippen LogP contribution is -2.36. The van der Waals surface area contributed by atoms with Crippen LogP contribution in [0, 0.1) is 0 Å². The topological polar surface area (TPSA) is 30.5 Å². The van der Waals surface area contributed by atoms with E-state index < -0.39 is 6.61 Å². The summed E-state index contributed by atoms with van der Waals surface area (Å²) in [5.74, 6) is 0.698. The van der Waals surface area contributed by atoms with Gasteiger partial charge in [0.25, 0.3) is 0 Å². The molecule has 0 bridgehead atoms. The van der Waals surface area contributed by atoms with Crippen LogP contribution in [0.2, 0.25) is 0 Å². The average Bonchev–Trinajstić information content (AvgIpc) is 2.68. The highest BCUT2D eigenvalue weighted by atomic mass is 19.3. The van der Waals surface area contributed by atoms with Crippen LogP contribution in [-0.2, 0) is 0 Å². The van der Waals surface area contributed by atoms with E-state index in [1.54, 1.807) is 12.1 Å². The predicted molar refractivity (Wildman–Crippen MR) is 69.1 cm³/mol. The van der Waals surface area contributed by atoms with Gasteiger partial charge >= 0.3 is 6.61 Å². The molecule has 1 aromatic rings. The van der Waals surface area contributed by atoms with Gasteiger partial charge in [-0.1, -0.05) is 6.07 Å². The second-order valence-corrected chi connectivity index (χ2v) is 5.28. The van der Waals surface area contributed by atoms with Crippen molar-refractivity contribution >= 4 is 0 Å². The molecule has 1 fully saturated rings. The molecule has 19 heavy (non-hydrogen) atoms. The minimum Gasteiger partial charge on any atom is -0.493 e. The van der Waals surface area contributed by atoms with Crippen molar-refractivity contribution < 1.29 is 18.3 Å². The van der Waals surface area contributed by atoms with Gasteiger partial charge in [-0.15, -0.1) is 0 Å². The van der Waals surface area contributed by atoms with E-state index in [2.05, 4.69) is 23.9 Å². The maximum Gasteiger partial charge on any atom is 0.387 e. The number of benzene rings is 1. The molecule has 1 aromatic carbocycles. The largest absolute Gasteiger partial charge is 0.493 e. The quantitative estimate of drug-likeness (QED) is 0.912. The van der Waals surface area contributed by atoms with E-state index in [1.165, 1.54) is 7.11 Å². The summed E-state index contributed by atoms with van der Waals surface area (Å²) in [4.78, 5) is 0. The van der Waals surface area contributed by atoms with Crippen LogP contribution in [0.15, 0.2) is 18.2 Å². The van der Waals surface area contributed by atoms with Crippen LogP contribution in [-0.4, -0.2) is 25.8 Å². The molecule has 2 rings (SSSR count). The first kappa shape index (κ1) is 14.1. The zero-order valence-electron chi connectivity index (χ0n) is 11.4. The van der Waals surface area contributed by atoms with Crippen molar-refractivity contribution in [2.45, 2.75) is 38.3 Å². The summed E-state index contributed by atoms with van der Waals surface area (Å²) in [6, 6.07) is 5.25. The van der Waals surface area contributed by atoms with Crippen molar-refractivity contribution in [2.24, 2.45) is 0 Å². The molecular weight excluding hydrogens is 252 g/mol. The molecule has 0 spiro atoms. The lowest BCUT2D eigenvalue weighted by Gasteiger charge is -2.28. The first-order chi connectivity index (χ1) is 8.94. The van der Waals surface area contributed by atoms with Gasteiger partial charge in [0.2, 0.25) is 0 Å². The Kier molecular flexibility index (Phi) is 3.94. The van der Waals surface area contributed by atoms with Crippen LogP contribution >= 0.6 is 0 Å². The SMILES string of the molecule is COc1ccc(C2CCNC2(C)C)cc1OC(F)F. The average molecular weight is 271 g/mol. The minimum atomic E-state index is -2.85. The maximum absolute atomic E-state index is 12.4. The molecule has 0 aliphatic carbocycles. The molecule has 1 heterocycles. The monoisotopic (exact) mass is 271 g/mol. The number of hydrogen-bond acceptors (Lipinski definition) is 3. The van der Waals surface area contributed by atoms with Crippen molar-refractivity contribution in [3.8, 4) is 11.5 Å². The predicted octanol–water partition coefficient (Wildman–Crippen LogP) is 3.15. The second kappa shape index (κ2) is 5.33. The van der Waals surface area contributed by atoms with Crippen LogP contribution in [0.4, 0.5) is 8.78 Å². The Hall–Kier alpha value is -1.36. The molecule has 0 saturated carbocycles. The first-order valence-corrected chi connectivity index (χ1v) is 6.32. The fourth-order valence-corrected chi connectivity index (χ4v) is 2.70. The molecule has 106 valence electrons. The normalized spacial score (nSPS) is 21.7. The molecule has 1 N–H and O–H groups in total. The highest BCUT2D eigenvalue weighted by Gasteiger charge is 2.35. The van der Waals surface area contributed by atoms with Gasteiger partial charge in [-0.05, 0) is 44.5 Å². The number of hydrogen-bond donors (Lipinski definition) is 1. The Morgan fingerprint density at radius 1 is 1.32 bits per heavy atom. The second-order valence-electron chi connectivity index (χ2n) is 5.28. The van der Waals surface area contributed by atoms with Gasteiger partial charge in [0.1, 0.15) is 0 Å². The van der Waals surface area contributed by atoms with Gasteiger partial charge in [0.05, 0.1) is 7.11 Å². The Morgan fingerprint density at radius 2 is 2.05 bits per heavy atom. The number of nitrogens with one attached hydrogen (secondary N) is 1. The van der Waals surface area contributed by atoms with E-state index in [0.717, 1.165) is 18.5 Å². The minimum absolute atomic E-state index is 0.0450. The highest BCUT2D eigenvalue weighted by molar-refractivity contribution is 5.45. The van der Waals surface area contributed by atoms with E-state index in [1.807, 2.05) is 6.07 Å². The molecule has 5 heteroatoms. The Morgan fingerprint density at radius 3 is 2.58 bits per heavy atom. The molecule has 1 saturated heterocycles. The molecule has 0 amide bonds. The van der Waals surface area contributed by atoms with Crippen LogP contribution in [0.25, 0.3) is 0 Å². The van der Waals surface area contributed by atoms with Gasteiger partial charge in [-0.3, -0.25) is 0 Å². The van der Waals surface area contributed by atoms with Crippen LogP contribution in [0.5, 0.6) is 11.5 Å². The molecule has 1 atom stereocenters. The van der Waals surface area contributed by atoms with Gasteiger partial charge in [0, 0.05) is 11.5 Å². The number of methoxy groups -OCH3 is 1. The third-order valence-electron chi connectivity index (χ3n) is 3.69. The third kappa shape index (κ3) is 2.97. The van der Waals surface area contributed by atoms with Gasteiger partial charge in [0.15, 0.2) is 11.5 Å². The number of halogens is 2. The lowest BCUT2D eigenvalue weighted by atomic mass is 9.83. The number of rotatable bonds is 4. The summed E-state index contributed by atoms with van der Waals surface area (Å²) in [5, 5.41) is 3.41. The summed E-state index contributed by atoms with van der Waals surface area (Å²) in [7, 11) is 1.44. The van der Waals surface area contributed by atoms with Gasteiger partial charge < -0.3 is 14.8 Å². The standard InChI is InChI=1S/C14H19F2NO2/c1-14(2)10(6-7-17-14)9-4-5-11(18-3)12(8-9)19-13(15)16/h4-5,8,10,13,17H,6-7H2,1-3H3. The van der Waals surface area contributed by atoms with E-state index in [9.17, 15) is 8.78 Å². The zero-order chi connectivity index (χ0) is 14.0. The molecule has 3 nitrogen and oxygen atoms in total. The third-order valence-corrected chi connectivity index (χ3v) is 3.69. The Balaban J connectivity index is 2.32. The Bertz CT molecular complexity index is 449. The van der Waals surface area contributed by atoms with E-state index >= 15 is 0 Å². The summed E-state index contributed by atoms with van der Waals surface area (Å²) in [6.07, 6.45) is 0.980. The van der Waals surface area contributed by atoms with Crippen LogP contribution in [0.3, 0.4) is 0 Å². The van der Waals surface area contributed by atoms with Crippen molar-refractivity contribution in [3.05, 3.63) is 23.8 Å². The highest BCUT2D eigenvalue weighted by Crippen LogP contribution is 2.39. The van der Waals surface area contributed by atoms with E-state index in [4.69, 9.17) is 4.74 Å². The van der Waals surface area contributed by atoms with Gasteiger partial charge in [-0.2, -0.15) is 8.78 Å². The van der Waals surface area contributed by atoms with Gasteiger partial charge in [-0.25, -0.2) is 0 Å². The van der Waals surface area contributed by atoms with Crippen LogP contribution < -0.4 is 14.8 Å². The summed E-state index contributed by atoms with van der Waals surface area (Å²) in [6.45, 7) is 2.30. The zero-order valence-corrected chi connectivity index (χ0v) is 11.4. The molecule has 0 radical (unpaired) electrons. The summed E-state index contributed by atoms with van der Waals surface area (Å²) < 4.78 is 34.4.